The highest BCUT2D eigenvalue weighted by Gasteiger charge is 2.15. The lowest BCUT2D eigenvalue weighted by Crippen LogP contribution is -2.01. The van der Waals surface area contributed by atoms with E-state index in [4.69, 9.17) is 0 Å². The van der Waals surface area contributed by atoms with Crippen LogP contribution < -0.4 is 0 Å². The lowest BCUT2D eigenvalue weighted by molar-refractivity contribution is 0.0696. The SMILES string of the molecule is CCCCn1cc(C=O)c2cc(C(=O)O)cc(CC)c21. The number of carboxylic acid groups (broad SMARTS) is 1. The second kappa shape index (κ2) is 5.90. The minimum absolute atomic E-state index is 0.241. The molecule has 0 aliphatic rings. The third-order valence-electron chi connectivity index (χ3n) is 3.59. The maximum absolute atomic E-state index is 11.2. The molecule has 0 radical (unpaired) electrons. The molecule has 0 bridgehead atoms. The maximum atomic E-state index is 11.2. The first-order chi connectivity index (χ1) is 9.62. The van der Waals surface area contributed by atoms with Gasteiger partial charge in [0.05, 0.1) is 11.1 Å². The van der Waals surface area contributed by atoms with E-state index in [1.807, 2.05) is 13.1 Å². The van der Waals surface area contributed by atoms with Crippen LogP contribution in [0.2, 0.25) is 0 Å². The summed E-state index contributed by atoms with van der Waals surface area (Å²) in [6, 6.07) is 3.31. The van der Waals surface area contributed by atoms with Gasteiger partial charge in [-0.2, -0.15) is 0 Å². The third kappa shape index (κ3) is 2.46. The van der Waals surface area contributed by atoms with E-state index in [0.29, 0.717) is 5.56 Å². The molecule has 0 aliphatic heterocycles. The fourth-order valence-electron chi connectivity index (χ4n) is 2.55. The van der Waals surface area contributed by atoms with Crippen LogP contribution in [0.25, 0.3) is 10.9 Å². The average molecular weight is 273 g/mol. The molecule has 0 saturated heterocycles. The lowest BCUT2D eigenvalue weighted by atomic mass is 10.0. The van der Waals surface area contributed by atoms with E-state index in [1.165, 1.54) is 0 Å². The Morgan fingerprint density at radius 2 is 2.10 bits per heavy atom. The largest absolute Gasteiger partial charge is 0.478 e. The average Bonchev–Trinajstić information content (AvgIpc) is 2.82. The van der Waals surface area contributed by atoms with Crippen LogP contribution in [-0.2, 0) is 13.0 Å². The highest BCUT2D eigenvalue weighted by Crippen LogP contribution is 2.27. The first-order valence-corrected chi connectivity index (χ1v) is 6.96. The number of nitrogens with zero attached hydrogens (tertiary/aromatic N) is 1. The number of aryl methyl sites for hydroxylation is 2. The Bertz CT molecular complexity index is 655. The van der Waals surface area contributed by atoms with Gasteiger partial charge in [-0.15, -0.1) is 0 Å². The summed E-state index contributed by atoms with van der Waals surface area (Å²) in [6.07, 6.45) is 5.48. The monoisotopic (exact) mass is 273 g/mol. The number of fused-ring (bicyclic) bond motifs is 1. The Morgan fingerprint density at radius 3 is 2.65 bits per heavy atom. The fraction of sp³-hybridized carbons (Fsp3) is 0.375. The molecule has 1 N–H and O–H groups in total. The minimum Gasteiger partial charge on any atom is -0.478 e. The van der Waals surface area contributed by atoms with Crippen molar-refractivity contribution in [3.8, 4) is 0 Å². The van der Waals surface area contributed by atoms with Gasteiger partial charge in [0.2, 0.25) is 0 Å². The zero-order chi connectivity index (χ0) is 14.7. The molecule has 1 aromatic heterocycles. The van der Waals surface area contributed by atoms with E-state index in [1.54, 1.807) is 12.1 Å². The third-order valence-corrected chi connectivity index (χ3v) is 3.59. The lowest BCUT2D eigenvalue weighted by Gasteiger charge is -2.09. The Hall–Kier alpha value is -2.10. The Balaban J connectivity index is 2.71. The maximum Gasteiger partial charge on any atom is 0.335 e. The number of hydrogen-bond acceptors (Lipinski definition) is 2. The quantitative estimate of drug-likeness (QED) is 0.819. The molecule has 4 nitrogen and oxygen atoms in total. The molecule has 0 aliphatic carbocycles. The summed E-state index contributed by atoms with van der Waals surface area (Å²) >= 11 is 0. The fourth-order valence-corrected chi connectivity index (χ4v) is 2.55. The van der Waals surface area contributed by atoms with Crippen molar-refractivity contribution in [2.24, 2.45) is 0 Å². The Labute approximate surface area is 118 Å². The van der Waals surface area contributed by atoms with E-state index in [9.17, 15) is 14.7 Å². The topological polar surface area (TPSA) is 59.3 Å². The number of benzene rings is 1. The zero-order valence-corrected chi connectivity index (χ0v) is 11.8. The van der Waals surface area contributed by atoms with E-state index >= 15 is 0 Å². The van der Waals surface area contributed by atoms with Gasteiger partial charge in [0.1, 0.15) is 0 Å². The number of aromatic nitrogens is 1. The summed E-state index contributed by atoms with van der Waals surface area (Å²) in [5.41, 5.74) is 2.77. The number of carboxylic acids is 1. The first-order valence-electron chi connectivity index (χ1n) is 6.96. The number of aldehydes is 1. The van der Waals surface area contributed by atoms with Crippen molar-refractivity contribution in [1.29, 1.82) is 0 Å². The first kappa shape index (κ1) is 14.3. The second-order valence-electron chi connectivity index (χ2n) is 4.94. The van der Waals surface area contributed by atoms with Gasteiger partial charge in [-0.25, -0.2) is 4.79 Å². The summed E-state index contributed by atoms with van der Waals surface area (Å²) < 4.78 is 2.08. The normalized spacial score (nSPS) is 10.9. The summed E-state index contributed by atoms with van der Waals surface area (Å²) in [6.45, 7) is 4.97. The van der Waals surface area contributed by atoms with Gasteiger partial charge in [0, 0.05) is 23.7 Å². The van der Waals surface area contributed by atoms with Crippen LogP contribution in [0.5, 0.6) is 0 Å². The Kier molecular flexibility index (Phi) is 4.23. The molecule has 1 heterocycles. The predicted molar refractivity (Wildman–Crippen MR) is 78.6 cm³/mol. The van der Waals surface area contributed by atoms with E-state index < -0.39 is 5.97 Å². The molecular formula is C16H19NO3. The van der Waals surface area contributed by atoms with Crippen LogP contribution in [0.1, 0.15) is 53.0 Å². The highest BCUT2D eigenvalue weighted by molar-refractivity contribution is 6.02. The standard InChI is InChI=1S/C16H19NO3/c1-3-5-6-17-9-13(10-18)14-8-12(16(19)20)7-11(4-2)15(14)17/h7-10H,3-6H2,1-2H3,(H,19,20). The molecule has 0 unspecified atom stereocenters. The van der Waals surface area contributed by atoms with Crippen LogP contribution in [0, 0.1) is 0 Å². The van der Waals surface area contributed by atoms with E-state index in [2.05, 4.69) is 11.5 Å². The molecule has 4 heteroatoms. The smallest absolute Gasteiger partial charge is 0.335 e. The molecule has 20 heavy (non-hydrogen) atoms. The number of unbranched alkanes of at least 4 members (excludes halogenated alkanes) is 1. The van der Waals surface area contributed by atoms with E-state index in [-0.39, 0.29) is 5.56 Å². The molecule has 0 saturated carbocycles. The van der Waals surface area contributed by atoms with Gasteiger partial charge in [0.15, 0.2) is 6.29 Å². The van der Waals surface area contributed by atoms with Crippen molar-refractivity contribution in [3.05, 3.63) is 35.0 Å². The van der Waals surface area contributed by atoms with Gasteiger partial charge in [-0.1, -0.05) is 20.3 Å². The molecule has 1 aromatic carbocycles. The number of hydrogen-bond donors (Lipinski definition) is 1. The summed E-state index contributed by atoms with van der Waals surface area (Å²) in [4.78, 5) is 22.4. The molecule has 0 amide bonds. The van der Waals surface area contributed by atoms with Gasteiger partial charge < -0.3 is 9.67 Å². The van der Waals surface area contributed by atoms with Gasteiger partial charge >= 0.3 is 5.97 Å². The minimum atomic E-state index is -0.959. The number of carbonyl (C=O) groups excluding carboxylic acids is 1. The van der Waals surface area contributed by atoms with Crippen LogP contribution in [0.3, 0.4) is 0 Å². The zero-order valence-electron chi connectivity index (χ0n) is 11.8. The molecule has 2 aromatic rings. The van der Waals surface area contributed by atoms with Crippen molar-refractivity contribution in [2.45, 2.75) is 39.7 Å². The summed E-state index contributed by atoms with van der Waals surface area (Å²) in [5, 5.41) is 9.92. The van der Waals surface area contributed by atoms with Crippen LogP contribution in [0.15, 0.2) is 18.3 Å². The number of carbonyl (C=O) groups is 2. The van der Waals surface area contributed by atoms with Crippen molar-refractivity contribution in [1.82, 2.24) is 4.57 Å². The van der Waals surface area contributed by atoms with Crippen LogP contribution in [0.4, 0.5) is 0 Å². The molecule has 106 valence electrons. The van der Waals surface area contributed by atoms with Crippen molar-refractivity contribution in [2.75, 3.05) is 0 Å². The number of aromatic carboxylic acids is 1. The van der Waals surface area contributed by atoms with Gasteiger partial charge in [-0.05, 0) is 30.5 Å². The summed E-state index contributed by atoms with van der Waals surface area (Å²) in [7, 11) is 0. The summed E-state index contributed by atoms with van der Waals surface area (Å²) in [5.74, 6) is -0.959. The van der Waals surface area contributed by atoms with Crippen LogP contribution in [-0.4, -0.2) is 21.9 Å². The predicted octanol–water partition coefficient (Wildman–Crippen LogP) is 3.51. The molecule has 2 rings (SSSR count). The Morgan fingerprint density at radius 1 is 1.35 bits per heavy atom. The van der Waals surface area contributed by atoms with Crippen molar-refractivity contribution in [3.63, 3.8) is 0 Å². The second-order valence-corrected chi connectivity index (χ2v) is 4.94. The molecular weight excluding hydrogens is 254 g/mol. The van der Waals surface area contributed by atoms with Gasteiger partial charge in [0.25, 0.3) is 0 Å². The van der Waals surface area contributed by atoms with Crippen LogP contribution >= 0.6 is 0 Å². The highest BCUT2D eigenvalue weighted by atomic mass is 16.4. The van der Waals surface area contributed by atoms with Crippen molar-refractivity contribution < 1.29 is 14.7 Å². The molecule has 0 spiro atoms. The van der Waals surface area contributed by atoms with E-state index in [0.717, 1.165) is 48.6 Å². The van der Waals surface area contributed by atoms with Crippen molar-refractivity contribution >= 4 is 23.2 Å². The molecule has 0 fully saturated rings. The number of rotatable bonds is 6. The molecule has 0 atom stereocenters. The van der Waals surface area contributed by atoms with Gasteiger partial charge in [-0.3, -0.25) is 4.79 Å².